The monoisotopic (exact) mass is 425 g/mol. The maximum absolute atomic E-state index is 12.5. The molecule has 1 saturated heterocycles. The first-order valence-electron chi connectivity index (χ1n) is 10.8. The predicted octanol–water partition coefficient (Wildman–Crippen LogP) is 4.21. The van der Waals surface area contributed by atoms with Crippen molar-refractivity contribution in [1.82, 2.24) is 4.98 Å². The molecule has 2 heterocycles. The highest BCUT2D eigenvalue weighted by atomic mass is 16.5. The first-order chi connectivity index (χ1) is 15.0. The molecule has 0 unspecified atom stereocenters. The smallest absolute Gasteiger partial charge is 0.341 e. The largest absolute Gasteiger partial charge is 0.497 e. The molecule has 0 radical (unpaired) electrons. The summed E-state index contributed by atoms with van der Waals surface area (Å²) in [5, 5.41) is 3.00. The summed E-state index contributed by atoms with van der Waals surface area (Å²) < 4.78 is 10.4. The number of esters is 1. The zero-order valence-corrected chi connectivity index (χ0v) is 18.5. The molecule has 1 atom stereocenters. The number of anilines is 2. The molecule has 7 nitrogen and oxygen atoms in total. The number of benzene rings is 1. The Morgan fingerprint density at radius 1 is 1.29 bits per heavy atom. The van der Waals surface area contributed by atoms with E-state index in [0.717, 1.165) is 49.4 Å². The number of aryl methyl sites for hydroxylation is 1. The second-order valence-electron chi connectivity index (χ2n) is 7.82. The van der Waals surface area contributed by atoms with E-state index in [1.54, 1.807) is 32.4 Å². The van der Waals surface area contributed by atoms with Crippen LogP contribution in [0, 0.1) is 12.8 Å². The Labute approximate surface area is 183 Å². The fourth-order valence-corrected chi connectivity index (χ4v) is 3.96. The third kappa shape index (κ3) is 5.96. The van der Waals surface area contributed by atoms with Gasteiger partial charge in [-0.15, -0.1) is 0 Å². The van der Waals surface area contributed by atoms with Crippen molar-refractivity contribution in [2.45, 2.75) is 39.5 Å². The average molecular weight is 426 g/mol. The normalized spacial score (nSPS) is 16.0. The van der Waals surface area contributed by atoms with Gasteiger partial charge in [0.05, 0.1) is 13.7 Å². The van der Waals surface area contributed by atoms with Gasteiger partial charge in [0.25, 0.3) is 0 Å². The van der Waals surface area contributed by atoms with Gasteiger partial charge in [-0.1, -0.05) is 0 Å². The number of nitrogens with one attached hydrogen (secondary N) is 1. The van der Waals surface area contributed by atoms with Gasteiger partial charge in [-0.3, -0.25) is 4.79 Å². The number of nitrogens with zero attached hydrogens (tertiary/aromatic N) is 2. The van der Waals surface area contributed by atoms with Crippen LogP contribution < -0.4 is 15.0 Å². The van der Waals surface area contributed by atoms with Gasteiger partial charge in [-0.2, -0.15) is 0 Å². The van der Waals surface area contributed by atoms with Crippen molar-refractivity contribution in [1.29, 1.82) is 0 Å². The number of carbonyl (C=O) groups is 2. The topological polar surface area (TPSA) is 80.8 Å². The summed E-state index contributed by atoms with van der Waals surface area (Å²) in [6.07, 6.45) is 5.01. The van der Waals surface area contributed by atoms with Crippen molar-refractivity contribution in [2.75, 3.05) is 37.0 Å². The highest BCUT2D eigenvalue weighted by molar-refractivity contribution is 5.94. The molecule has 1 N–H and O–H groups in total. The van der Waals surface area contributed by atoms with Crippen LogP contribution >= 0.6 is 0 Å². The molecular formula is C24H31N3O4. The number of methoxy groups -OCH3 is 1. The molecule has 3 rings (SSSR count). The molecule has 1 aliphatic heterocycles. The fraction of sp³-hybridized carbons (Fsp3) is 0.458. The lowest BCUT2D eigenvalue weighted by molar-refractivity contribution is -0.116. The predicted molar refractivity (Wildman–Crippen MR) is 121 cm³/mol. The molecule has 0 bridgehead atoms. The van der Waals surface area contributed by atoms with Gasteiger partial charge >= 0.3 is 5.97 Å². The zero-order valence-electron chi connectivity index (χ0n) is 18.5. The Morgan fingerprint density at radius 2 is 2.13 bits per heavy atom. The summed E-state index contributed by atoms with van der Waals surface area (Å²) in [6, 6.07) is 9.13. The van der Waals surface area contributed by atoms with Gasteiger partial charge in [0.2, 0.25) is 5.91 Å². The second kappa shape index (κ2) is 10.8. The third-order valence-electron chi connectivity index (χ3n) is 5.59. The Hall–Kier alpha value is -3.09. The molecule has 1 fully saturated rings. The molecule has 1 aromatic carbocycles. The van der Waals surface area contributed by atoms with Crippen molar-refractivity contribution in [3.63, 3.8) is 0 Å². The lowest BCUT2D eigenvalue weighted by Crippen LogP contribution is -2.37. The average Bonchev–Trinajstić information content (AvgIpc) is 2.79. The van der Waals surface area contributed by atoms with Crippen LogP contribution in [0.15, 0.2) is 36.5 Å². The summed E-state index contributed by atoms with van der Waals surface area (Å²) in [6.45, 7) is 5.70. The highest BCUT2D eigenvalue weighted by Crippen LogP contribution is 2.28. The summed E-state index contributed by atoms with van der Waals surface area (Å²) in [5.74, 6) is 1.48. The third-order valence-corrected chi connectivity index (χ3v) is 5.59. The van der Waals surface area contributed by atoms with Crippen molar-refractivity contribution in [2.24, 2.45) is 5.92 Å². The molecule has 1 aromatic heterocycles. The van der Waals surface area contributed by atoms with Crippen molar-refractivity contribution in [3.05, 3.63) is 47.7 Å². The van der Waals surface area contributed by atoms with Crippen LogP contribution in [0.5, 0.6) is 5.75 Å². The number of rotatable bonds is 8. The van der Waals surface area contributed by atoms with Gasteiger partial charge in [-0.05, 0) is 74.9 Å². The number of hydrogen-bond acceptors (Lipinski definition) is 6. The van der Waals surface area contributed by atoms with Gasteiger partial charge in [0.1, 0.15) is 17.1 Å². The van der Waals surface area contributed by atoms with Gasteiger partial charge in [-0.25, -0.2) is 9.78 Å². The van der Waals surface area contributed by atoms with Gasteiger partial charge < -0.3 is 19.7 Å². The molecule has 1 amide bonds. The van der Waals surface area contributed by atoms with E-state index in [1.807, 2.05) is 25.1 Å². The number of aromatic nitrogens is 1. The van der Waals surface area contributed by atoms with Crippen molar-refractivity contribution in [3.8, 4) is 5.75 Å². The molecule has 0 saturated carbocycles. The SMILES string of the molecule is CCOC(=O)c1cccnc1N1CCC[C@@H](CCC(=O)Nc2ccc(OC)cc2C)C1. The minimum Gasteiger partial charge on any atom is -0.497 e. The van der Waals surface area contributed by atoms with E-state index < -0.39 is 0 Å². The Bertz CT molecular complexity index is 915. The number of piperidine rings is 1. The number of amides is 1. The van der Waals surface area contributed by atoms with E-state index in [-0.39, 0.29) is 11.9 Å². The van der Waals surface area contributed by atoms with E-state index in [1.165, 1.54) is 0 Å². The molecule has 0 aliphatic carbocycles. The maximum Gasteiger partial charge on any atom is 0.341 e. The molecule has 31 heavy (non-hydrogen) atoms. The quantitative estimate of drug-likeness (QED) is 0.638. The van der Waals surface area contributed by atoms with E-state index in [9.17, 15) is 9.59 Å². The van der Waals surface area contributed by atoms with Crippen LogP contribution in [0.2, 0.25) is 0 Å². The minimum absolute atomic E-state index is 0.00967. The summed E-state index contributed by atoms with van der Waals surface area (Å²) >= 11 is 0. The summed E-state index contributed by atoms with van der Waals surface area (Å²) in [5.41, 5.74) is 2.28. The van der Waals surface area contributed by atoms with Crippen molar-refractivity contribution < 1.29 is 19.1 Å². The van der Waals surface area contributed by atoms with Gasteiger partial charge in [0.15, 0.2) is 0 Å². The van der Waals surface area contributed by atoms with Crippen LogP contribution in [0.3, 0.4) is 0 Å². The number of pyridine rings is 1. The zero-order chi connectivity index (χ0) is 22.2. The molecular weight excluding hydrogens is 394 g/mol. The lowest BCUT2D eigenvalue weighted by Gasteiger charge is -2.34. The van der Waals surface area contributed by atoms with Crippen LogP contribution in [-0.2, 0) is 9.53 Å². The van der Waals surface area contributed by atoms with Gasteiger partial charge in [0, 0.05) is 31.4 Å². The Morgan fingerprint density at radius 3 is 2.87 bits per heavy atom. The molecule has 166 valence electrons. The molecule has 7 heteroatoms. The van der Waals surface area contributed by atoms with E-state index in [4.69, 9.17) is 9.47 Å². The lowest BCUT2D eigenvalue weighted by atomic mass is 9.93. The first-order valence-corrected chi connectivity index (χ1v) is 10.8. The standard InChI is InChI=1S/C24H31N3O4/c1-4-31-24(29)20-8-5-13-25-23(20)27-14-6-7-18(16-27)9-12-22(28)26-21-11-10-19(30-3)15-17(21)2/h5,8,10-11,13,15,18H,4,6-7,9,12,14,16H2,1-3H3,(H,26,28)/t18-/m0/s1. The molecule has 1 aliphatic rings. The second-order valence-corrected chi connectivity index (χ2v) is 7.82. The van der Waals surface area contributed by atoms with E-state index in [0.29, 0.717) is 30.3 Å². The summed E-state index contributed by atoms with van der Waals surface area (Å²) in [7, 11) is 1.63. The van der Waals surface area contributed by atoms with Crippen molar-refractivity contribution >= 4 is 23.4 Å². The van der Waals surface area contributed by atoms with Crippen LogP contribution in [0.25, 0.3) is 0 Å². The number of carbonyl (C=O) groups excluding carboxylic acids is 2. The number of ether oxygens (including phenoxy) is 2. The summed E-state index contributed by atoms with van der Waals surface area (Å²) in [4.78, 5) is 31.4. The van der Waals surface area contributed by atoms with Crippen LogP contribution in [0.1, 0.15) is 48.5 Å². The van der Waals surface area contributed by atoms with E-state index >= 15 is 0 Å². The highest BCUT2D eigenvalue weighted by Gasteiger charge is 2.25. The number of hydrogen-bond donors (Lipinski definition) is 1. The van der Waals surface area contributed by atoms with Crippen LogP contribution in [-0.4, -0.2) is 43.7 Å². The first kappa shape index (κ1) is 22.6. The van der Waals surface area contributed by atoms with Crippen LogP contribution in [0.4, 0.5) is 11.5 Å². The Kier molecular flexibility index (Phi) is 7.87. The van der Waals surface area contributed by atoms with E-state index in [2.05, 4.69) is 15.2 Å². The fourth-order valence-electron chi connectivity index (χ4n) is 3.96. The molecule has 2 aromatic rings. The molecule has 0 spiro atoms. The maximum atomic E-state index is 12.5. The minimum atomic E-state index is -0.345. The Balaban J connectivity index is 1.57.